The number of rotatable bonds is 3. The number of carbonyl (C=O) groups excluding carboxylic acids is 1. The van der Waals surface area contributed by atoms with Gasteiger partial charge in [-0.1, -0.05) is 58.5 Å². The van der Waals surface area contributed by atoms with Gasteiger partial charge in [0.15, 0.2) is 0 Å². The highest BCUT2D eigenvalue weighted by molar-refractivity contribution is 6.37. The molecule has 222 valence electrons. The molecule has 1 fully saturated rings. The van der Waals surface area contributed by atoms with E-state index in [1.165, 1.54) is 46.5 Å². The minimum atomic E-state index is -2.16. The molecule has 5 rings (SSSR count). The van der Waals surface area contributed by atoms with Gasteiger partial charge in [0.2, 0.25) is 5.95 Å². The lowest BCUT2D eigenvalue weighted by molar-refractivity contribution is -0.133. The van der Waals surface area contributed by atoms with E-state index < -0.39 is 23.6 Å². The number of benzene rings is 2. The van der Waals surface area contributed by atoms with Crippen molar-refractivity contribution in [3.05, 3.63) is 84.4 Å². The summed E-state index contributed by atoms with van der Waals surface area (Å²) in [6.07, 6.45) is 2.26. The molecule has 1 saturated heterocycles. The van der Waals surface area contributed by atoms with Gasteiger partial charge in [0.25, 0.3) is 11.6 Å². The van der Waals surface area contributed by atoms with E-state index in [2.05, 4.69) is 15.6 Å². The monoisotopic (exact) mass is 652 g/mol. The van der Waals surface area contributed by atoms with Crippen molar-refractivity contribution in [3.8, 4) is 11.1 Å². The van der Waals surface area contributed by atoms with Crippen LogP contribution in [0, 0.1) is 5.95 Å². The highest BCUT2D eigenvalue weighted by Crippen LogP contribution is 2.32. The van der Waals surface area contributed by atoms with Crippen LogP contribution < -0.4 is 16.4 Å². The normalized spacial score (nSPS) is 14.0. The molecule has 0 atom stereocenters. The van der Waals surface area contributed by atoms with E-state index in [0.717, 1.165) is 33.0 Å². The van der Waals surface area contributed by atoms with Gasteiger partial charge >= 0.3 is 5.97 Å². The molecule has 2 aliphatic heterocycles. The molecule has 2 aliphatic rings. The number of carbonyl (C=O) groups is 1. The third kappa shape index (κ3) is 8.53. The van der Waals surface area contributed by atoms with Crippen LogP contribution in [0.4, 0.5) is 13.2 Å². The third-order valence-corrected chi connectivity index (χ3v) is 7.22. The maximum Gasteiger partial charge on any atom is 0.344 e. The zero-order valence-electron chi connectivity index (χ0n) is 21.9. The van der Waals surface area contributed by atoms with Crippen molar-refractivity contribution in [2.24, 2.45) is 0 Å². The molecular weight excluding hydrogens is 627 g/mol. The standard InChI is InChI=1S/C13H11Cl2FN2O.C10H6Cl2F2O2.C4H10N2/c14-8-3-4-9(10(15)7-8)11-12(16)17-5-1-2-6-18(17)13(11)19;1-16-10(15)8(9(13)14)6-3-2-5(11)4-7(6)12;1-2-4-6-5-3-1/h3-4,7H,1-2,5-6H2;2-4H,1H3;5-6H,1-4H2. The molecule has 0 aliphatic carbocycles. The Labute approximate surface area is 254 Å². The number of methoxy groups -OCH3 is 1. The topological polar surface area (TPSA) is 77.3 Å². The Bertz CT molecular complexity index is 1460. The summed E-state index contributed by atoms with van der Waals surface area (Å²) in [4.78, 5) is 23.4. The maximum absolute atomic E-state index is 14.4. The van der Waals surface area contributed by atoms with E-state index >= 15 is 0 Å². The summed E-state index contributed by atoms with van der Waals surface area (Å²) in [7, 11) is 1.01. The molecule has 3 heterocycles. The maximum atomic E-state index is 14.4. The number of fused-ring (bicyclic) bond motifs is 1. The first kappa shape index (κ1) is 33.0. The van der Waals surface area contributed by atoms with Crippen molar-refractivity contribution in [1.82, 2.24) is 20.2 Å². The highest BCUT2D eigenvalue weighted by atomic mass is 35.5. The van der Waals surface area contributed by atoms with Crippen LogP contribution in [0.15, 0.2) is 47.3 Å². The Morgan fingerprint density at radius 3 is 1.88 bits per heavy atom. The third-order valence-electron chi connectivity index (χ3n) is 6.12. The first-order valence-corrected chi connectivity index (χ1v) is 14.1. The number of ether oxygens (including phenoxy) is 1. The molecule has 2 aromatic carbocycles. The SMILES string of the molecule is C1CCNNC1.COC(=O)C(=C(F)F)c1ccc(Cl)cc1Cl.O=c1c(-c2ccc(Cl)cc2Cl)c(F)n2n1CCCC2. The predicted octanol–water partition coefficient (Wildman–Crippen LogP) is 7.20. The molecule has 0 spiro atoms. The number of nitrogens with one attached hydrogen (secondary N) is 2. The van der Waals surface area contributed by atoms with E-state index in [9.17, 15) is 22.8 Å². The summed E-state index contributed by atoms with van der Waals surface area (Å²) in [6.45, 7) is 3.34. The average molecular weight is 654 g/mol. The number of hydrogen-bond acceptors (Lipinski definition) is 5. The van der Waals surface area contributed by atoms with Gasteiger partial charge in [-0.3, -0.25) is 20.3 Å². The Kier molecular flexibility index (Phi) is 12.6. The minimum Gasteiger partial charge on any atom is -0.465 e. The summed E-state index contributed by atoms with van der Waals surface area (Å²) in [5.74, 6) is -1.67. The summed E-state index contributed by atoms with van der Waals surface area (Å²) >= 11 is 23.2. The summed E-state index contributed by atoms with van der Waals surface area (Å²) in [6, 6.07) is 8.55. The lowest BCUT2D eigenvalue weighted by Gasteiger charge is -2.16. The summed E-state index contributed by atoms with van der Waals surface area (Å²) in [5, 5.41) is 0.989. The number of nitrogens with zero attached hydrogens (tertiary/aromatic N) is 2. The molecule has 2 N–H and O–H groups in total. The van der Waals surface area contributed by atoms with Crippen LogP contribution in [0.2, 0.25) is 20.1 Å². The lowest BCUT2D eigenvalue weighted by atomic mass is 10.1. The zero-order valence-corrected chi connectivity index (χ0v) is 24.9. The fraction of sp³-hybridized carbons (Fsp3) is 0.333. The van der Waals surface area contributed by atoms with Crippen LogP contribution in [0.3, 0.4) is 0 Å². The lowest BCUT2D eigenvalue weighted by Crippen LogP contribution is -2.37. The smallest absolute Gasteiger partial charge is 0.344 e. The Hall–Kier alpha value is -2.47. The highest BCUT2D eigenvalue weighted by Gasteiger charge is 2.25. The van der Waals surface area contributed by atoms with Crippen LogP contribution >= 0.6 is 46.4 Å². The van der Waals surface area contributed by atoms with Gasteiger partial charge < -0.3 is 4.74 Å². The molecule has 14 heteroatoms. The van der Waals surface area contributed by atoms with E-state index in [0.29, 0.717) is 23.7 Å². The second kappa shape index (κ2) is 15.7. The van der Waals surface area contributed by atoms with Crippen LogP contribution in [0.5, 0.6) is 0 Å². The molecule has 0 bridgehead atoms. The Morgan fingerprint density at radius 2 is 1.41 bits per heavy atom. The molecule has 0 amide bonds. The van der Waals surface area contributed by atoms with Crippen molar-refractivity contribution in [2.75, 3.05) is 20.2 Å². The number of halogens is 7. The molecule has 41 heavy (non-hydrogen) atoms. The van der Waals surface area contributed by atoms with Gasteiger partial charge in [-0.05, 0) is 49.9 Å². The van der Waals surface area contributed by atoms with Gasteiger partial charge in [0, 0.05) is 47.4 Å². The largest absolute Gasteiger partial charge is 0.465 e. The van der Waals surface area contributed by atoms with Crippen LogP contribution in [-0.4, -0.2) is 35.5 Å². The molecule has 3 aromatic rings. The van der Waals surface area contributed by atoms with E-state index in [-0.39, 0.29) is 31.8 Å². The molecular formula is C27H27Cl4F3N4O3. The van der Waals surface area contributed by atoms with Gasteiger partial charge in [-0.25, -0.2) is 9.48 Å². The van der Waals surface area contributed by atoms with Crippen molar-refractivity contribution in [1.29, 1.82) is 0 Å². The van der Waals surface area contributed by atoms with E-state index in [4.69, 9.17) is 46.4 Å². The molecule has 0 saturated carbocycles. The second-order valence-electron chi connectivity index (χ2n) is 8.86. The van der Waals surface area contributed by atoms with Crippen molar-refractivity contribution < 1.29 is 22.7 Å². The van der Waals surface area contributed by atoms with Crippen molar-refractivity contribution in [2.45, 2.75) is 38.8 Å². The molecule has 0 radical (unpaired) electrons. The average Bonchev–Trinajstić information content (AvgIpc) is 3.21. The number of esters is 1. The van der Waals surface area contributed by atoms with Crippen LogP contribution in [0.25, 0.3) is 16.7 Å². The summed E-state index contributed by atoms with van der Waals surface area (Å²) < 4.78 is 46.7. The quantitative estimate of drug-likeness (QED) is 0.231. The second-order valence-corrected chi connectivity index (χ2v) is 10.5. The number of aromatic nitrogens is 2. The van der Waals surface area contributed by atoms with Crippen LogP contribution in [0.1, 0.15) is 31.2 Å². The summed E-state index contributed by atoms with van der Waals surface area (Å²) in [5.41, 5.74) is 5.19. The molecule has 0 unspecified atom stereocenters. The van der Waals surface area contributed by atoms with Crippen molar-refractivity contribution >= 4 is 57.9 Å². The number of hydrogen-bond donors (Lipinski definition) is 2. The van der Waals surface area contributed by atoms with E-state index in [1.54, 1.807) is 12.1 Å². The Morgan fingerprint density at radius 1 is 0.854 bits per heavy atom. The van der Waals surface area contributed by atoms with Gasteiger partial charge in [-0.2, -0.15) is 13.2 Å². The van der Waals surface area contributed by atoms with Gasteiger partial charge in [0.05, 0.1) is 17.2 Å². The predicted molar refractivity (Wildman–Crippen MR) is 156 cm³/mol. The zero-order chi connectivity index (χ0) is 30.1. The van der Waals surface area contributed by atoms with Crippen LogP contribution in [-0.2, 0) is 22.6 Å². The number of hydrazine groups is 1. The first-order valence-electron chi connectivity index (χ1n) is 12.6. The molecule has 7 nitrogen and oxygen atoms in total. The van der Waals surface area contributed by atoms with Crippen molar-refractivity contribution in [3.63, 3.8) is 0 Å². The van der Waals surface area contributed by atoms with Gasteiger partial charge in [0.1, 0.15) is 11.1 Å². The Balaban J connectivity index is 0.000000190. The fourth-order valence-electron chi connectivity index (χ4n) is 4.13. The molecule has 1 aromatic heterocycles. The fourth-order valence-corrected chi connectivity index (χ4v) is 5.14. The minimum absolute atomic E-state index is 0.0311. The van der Waals surface area contributed by atoms with E-state index in [1.807, 2.05) is 0 Å². The first-order chi connectivity index (χ1) is 19.6. The van der Waals surface area contributed by atoms with Gasteiger partial charge in [-0.15, -0.1) is 0 Å².